The third-order valence-corrected chi connectivity index (χ3v) is 5.60. The Hall–Kier alpha value is -2.47. The minimum Gasteiger partial charge on any atom is -0.497 e. The van der Waals surface area contributed by atoms with Crippen LogP contribution in [0, 0.1) is 6.92 Å². The average molecular weight is 415 g/mol. The van der Waals surface area contributed by atoms with Crippen LogP contribution in [0.25, 0.3) is 0 Å². The van der Waals surface area contributed by atoms with E-state index in [2.05, 4.69) is 11.4 Å². The molecular weight excluding hydrogens is 384 g/mol. The van der Waals surface area contributed by atoms with Crippen LogP contribution in [-0.4, -0.2) is 42.2 Å². The van der Waals surface area contributed by atoms with Crippen LogP contribution in [-0.2, 0) is 21.9 Å². The van der Waals surface area contributed by atoms with Gasteiger partial charge in [0.2, 0.25) is 11.8 Å². The number of amides is 2. The predicted octanol–water partition coefficient (Wildman–Crippen LogP) is 3.79. The molecule has 0 spiro atoms. The van der Waals surface area contributed by atoms with Crippen LogP contribution >= 0.6 is 11.8 Å². The van der Waals surface area contributed by atoms with E-state index in [0.717, 1.165) is 28.2 Å². The number of aryl methyl sites for hydroxylation is 1. The zero-order valence-corrected chi connectivity index (χ0v) is 18.4. The topological polar surface area (TPSA) is 58.6 Å². The molecule has 156 valence electrons. The van der Waals surface area contributed by atoms with Crippen molar-refractivity contribution >= 4 is 23.6 Å². The molecule has 5 nitrogen and oxygen atoms in total. The van der Waals surface area contributed by atoms with Gasteiger partial charge in [-0.2, -0.15) is 0 Å². The Kier molecular flexibility index (Phi) is 9.06. The van der Waals surface area contributed by atoms with E-state index in [1.54, 1.807) is 30.7 Å². The lowest BCUT2D eigenvalue weighted by molar-refractivity contribution is -0.138. The van der Waals surface area contributed by atoms with E-state index in [1.807, 2.05) is 56.3 Å². The summed E-state index contributed by atoms with van der Waals surface area (Å²) in [5.41, 5.74) is 3.29. The first-order valence-corrected chi connectivity index (χ1v) is 10.9. The van der Waals surface area contributed by atoms with E-state index >= 15 is 0 Å². The highest BCUT2D eigenvalue weighted by atomic mass is 32.2. The fourth-order valence-electron chi connectivity index (χ4n) is 2.97. The van der Waals surface area contributed by atoms with Gasteiger partial charge in [-0.05, 0) is 44.0 Å². The van der Waals surface area contributed by atoms with Crippen molar-refractivity contribution in [2.24, 2.45) is 0 Å². The molecule has 0 saturated heterocycles. The Labute approximate surface area is 177 Å². The Morgan fingerprint density at radius 2 is 1.86 bits per heavy atom. The van der Waals surface area contributed by atoms with Crippen LogP contribution in [0.5, 0.6) is 5.75 Å². The summed E-state index contributed by atoms with van der Waals surface area (Å²) < 4.78 is 5.17. The van der Waals surface area contributed by atoms with Crippen LogP contribution in [0.3, 0.4) is 0 Å². The fraction of sp³-hybridized carbons (Fsp3) is 0.391. The third-order valence-electron chi connectivity index (χ3n) is 4.61. The lowest BCUT2D eigenvalue weighted by Gasteiger charge is -2.28. The van der Waals surface area contributed by atoms with Gasteiger partial charge in [-0.15, -0.1) is 11.8 Å². The van der Waals surface area contributed by atoms with Gasteiger partial charge in [-0.25, -0.2) is 0 Å². The molecule has 1 N–H and O–H groups in total. The summed E-state index contributed by atoms with van der Waals surface area (Å²) in [6.45, 7) is 6.65. The number of carbonyl (C=O) groups excluding carboxylic acids is 2. The standard InChI is InChI=1S/C23H30N2O3S/c1-5-24-23(27)18(3)25(14-20-8-6-7-17(2)13-20)22(26)16-29-15-19-9-11-21(28-4)12-10-19/h6-13,18H,5,14-16H2,1-4H3,(H,24,27)/t18-/m1/s1. The van der Waals surface area contributed by atoms with E-state index in [9.17, 15) is 9.59 Å². The van der Waals surface area contributed by atoms with Crippen molar-refractivity contribution in [3.63, 3.8) is 0 Å². The van der Waals surface area contributed by atoms with Crippen molar-refractivity contribution in [1.29, 1.82) is 0 Å². The molecule has 29 heavy (non-hydrogen) atoms. The second-order valence-corrected chi connectivity index (χ2v) is 7.91. The summed E-state index contributed by atoms with van der Waals surface area (Å²) >= 11 is 1.55. The highest BCUT2D eigenvalue weighted by Crippen LogP contribution is 2.18. The van der Waals surface area contributed by atoms with Crippen molar-refractivity contribution < 1.29 is 14.3 Å². The van der Waals surface area contributed by atoms with Crippen LogP contribution < -0.4 is 10.1 Å². The zero-order valence-electron chi connectivity index (χ0n) is 17.6. The van der Waals surface area contributed by atoms with E-state index in [0.29, 0.717) is 18.8 Å². The normalized spacial score (nSPS) is 11.6. The number of ether oxygens (including phenoxy) is 1. The zero-order chi connectivity index (χ0) is 21.2. The van der Waals surface area contributed by atoms with Gasteiger partial charge in [-0.1, -0.05) is 42.0 Å². The fourth-order valence-corrected chi connectivity index (χ4v) is 3.84. The molecule has 6 heteroatoms. The van der Waals surface area contributed by atoms with Gasteiger partial charge >= 0.3 is 0 Å². The third kappa shape index (κ3) is 7.13. The van der Waals surface area contributed by atoms with Crippen LogP contribution in [0.1, 0.15) is 30.5 Å². The number of benzene rings is 2. The van der Waals surface area contributed by atoms with Gasteiger partial charge in [0.15, 0.2) is 0 Å². The second kappa shape index (κ2) is 11.5. The van der Waals surface area contributed by atoms with Gasteiger partial charge in [0, 0.05) is 18.8 Å². The molecule has 1 atom stereocenters. The molecule has 0 aliphatic heterocycles. The van der Waals surface area contributed by atoms with Crippen molar-refractivity contribution in [2.45, 2.75) is 39.1 Å². The number of hydrogen-bond donors (Lipinski definition) is 1. The summed E-state index contributed by atoms with van der Waals surface area (Å²) in [6, 6.07) is 15.3. The maximum Gasteiger partial charge on any atom is 0.242 e. The molecule has 0 heterocycles. The van der Waals surface area contributed by atoms with Crippen LogP contribution in [0.15, 0.2) is 48.5 Å². The van der Waals surface area contributed by atoms with E-state index < -0.39 is 6.04 Å². The highest BCUT2D eigenvalue weighted by Gasteiger charge is 2.25. The molecule has 0 aliphatic carbocycles. The molecule has 0 saturated carbocycles. The molecule has 0 aromatic heterocycles. The molecule has 0 fully saturated rings. The Morgan fingerprint density at radius 1 is 1.14 bits per heavy atom. The number of methoxy groups -OCH3 is 1. The average Bonchev–Trinajstić information content (AvgIpc) is 2.72. The van der Waals surface area contributed by atoms with E-state index in [1.165, 1.54) is 0 Å². The molecule has 2 aromatic carbocycles. The first-order chi connectivity index (χ1) is 13.9. The largest absolute Gasteiger partial charge is 0.497 e. The van der Waals surface area contributed by atoms with Crippen molar-refractivity contribution in [3.05, 3.63) is 65.2 Å². The number of carbonyl (C=O) groups is 2. The molecule has 0 unspecified atom stereocenters. The smallest absolute Gasteiger partial charge is 0.242 e. The second-order valence-electron chi connectivity index (χ2n) is 6.92. The summed E-state index contributed by atoms with van der Waals surface area (Å²) in [5, 5.41) is 2.82. The molecule has 2 amide bonds. The summed E-state index contributed by atoms with van der Waals surface area (Å²) in [7, 11) is 1.64. The summed E-state index contributed by atoms with van der Waals surface area (Å²) in [5.74, 6) is 1.69. The monoisotopic (exact) mass is 414 g/mol. The Bertz CT molecular complexity index is 808. The number of likely N-dealkylation sites (N-methyl/N-ethyl adjacent to an activating group) is 1. The molecule has 2 aromatic rings. The van der Waals surface area contributed by atoms with Crippen LogP contribution in [0.2, 0.25) is 0 Å². The minimum atomic E-state index is -0.524. The lowest BCUT2D eigenvalue weighted by atomic mass is 10.1. The van der Waals surface area contributed by atoms with E-state index in [-0.39, 0.29) is 11.8 Å². The lowest BCUT2D eigenvalue weighted by Crippen LogP contribution is -2.48. The highest BCUT2D eigenvalue weighted by molar-refractivity contribution is 7.99. The molecule has 0 aliphatic rings. The molecule has 0 bridgehead atoms. The van der Waals surface area contributed by atoms with Crippen molar-refractivity contribution in [3.8, 4) is 5.75 Å². The van der Waals surface area contributed by atoms with Crippen molar-refractivity contribution in [1.82, 2.24) is 10.2 Å². The van der Waals surface area contributed by atoms with Gasteiger partial charge in [0.25, 0.3) is 0 Å². The van der Waals surface area contributed by atoms with Gasteiger partial charge in [-0.3, -0.25) is 9.59 Å². The number of nitrogens with zero attached hydrogens (tertiary/aromatic N) is 1. The van der Waals surface area contributed by atoms with Gasteiger partial charge in [0.05, 0.1) is 12.9 Å². The SMILES string of the molecule is CCNC(=O)[C@@H](C)N(Cc1cccc(C)c1)C(=O)CSCc1ccc(OC)cc1. The number of rotatable bonds is 10. The first-order valence-electron chi connectivity index (χ1n) is 9.78. The van der Waals surface area contributed by atoms with E-state index in [4.69, 9.17) is 4.74 Å². The minimum absolute atomic E-state index is 0.0382. The quantitative estimate of drug-likeness (QED) is 0.643. The Balaban J connectivity index is 2.03. The number of hydrogen-bond acceptors (Lipinski definition) is 4. The number of thioether (sulfide) groups is 1. The molecule has 0 radical (unpaired) electrons. The van der Waals surface area contributed by atoms with Crippen molar-refractivity contribution in [2.75, 3.05) is 19.4 Å². The summed E-state index contributed by atoms with van der Waals surface area (Å²) in [6.07, 6.45) is 0. The number of nitrogens with one attached hydrogen (secondary N) is 1. The predicted molar refractivity (Wildman–Crippen MR) is 119 cm³/mol. The molecule has 2 rings (SSSR count). The molecular formula is C23H30N2O3S. The van der Waals surface area contributed by atoms with Crippen LogP contribution in [0.4, 0.5) is 0 Å². The van der Waals surface area contributed by atoms with Gasteiger partial charge < -0.3 is 15.0 Å². The first kappa shape index (κ1) is 22.8. The summed E-state index contributed by atoms with van der Waals surface area (Å²) in [4.78, 5) is 27.0. The maximum absolute atomic E-state index is 13.0. The Morgan fingerprint density at radius 3 is 2.48 bits per heavy atom. The van der Waals surface area contributed by atoms with Gasteiger partial charge in [0.1, 0.15) is 11.8 Å². The maximum atomic E-state index is 13.0.